The van der Waals surface area contributed by atoms with Gasteiger partial charge >= 0.3 is 0 Å². The minimum Gasteiger partial charge on any atom is -0.629 e. The molecule has 1 saturated heterocycles. The number of ketones is 1. The molecule has 0 bridgehead atoms. The predicted molar refractivity (Wildman–Crippen MR) is 145 cm³/mol. The van der Waals surface area contributed by atoms with Crippen molar-refractivity contribution in [3.05, 3.63) is 5.32 Å². The SMILES string of the molecule is CCC(C)(F)F.CO.COC(C)[N-]CC(=O)N1CC2(CCCCC2)CC1C(=O)NCC(=O)C(=O)NC(C)(C)C.[Y]. The molecule has 3 N–H and O–H groups in total. The smallest absolute Gasteiger partial charge is 0.289 e. The molecule has 2 rings (SSSR count). The summed E-state index contributed by atoms with van der Waals surface area (Å²) in [5.74, 6) is -4.52. The van der Waals surface area contributed by atoms with E-state index in [1.54, 1.807) is 32.6 Å². The quantitative estimate of drug-likeness (QED) is 0.327. The molecular weight excluding hydrogens is 603 g/mol. The number of carbonyl (C=O) groups excluding carboxylic acids is 4. The third-order valence-corrected chi connectivity index (χ3v) is 6.66. The van der Waals surface area contributed by atoms with E-state index in [4.69, 9.17) is 9.84 Å². The molecular formula is C27H49F2N4O6Y-. The van der Waals surface area contributed by atoms with Crippen LogP contribution in [0.15, 0.2) is 0 Å². The van der Waals surface area contributed by atoms with Gasteiger partial charge in [-0.15, -0.1) is 0 Å². The third kappa shape index (κ3) is 15.8. The Morgan fingerprint density at radius 1 is 1.10 bits per heavy atom. The molecule has 2 fully saturated rings. The average molecular weight is 653 g/mol. The molecule has 2 atom stereocenters. The number of halogens is 2. The summed E-state index contributed by atoms with van der Waals surface area (Å²) < 4.78 is 28.0. The summed E-state index contributed by atoms with van der Waals surface area (Å²) in [5, 5.41) is 16.4. The number of hydrogen-bond donors (Lipinski definition) is 3. The Labute approximate surface area is 263 Å². The van der Waals surface area contributed by atoms with Gasteiger partial charge in [0.15, 0.2) is 0 Å². The van der Waals surface area contributed by atoms with Crippen molar-refractivity contribution in [1.29, 1.82) is 0 Å². The Kier molecular flexibility index (Phi) is 19.7. The minimum atomic E-state index is -2.46. The molecule has 1 radical (unpaired) electrons. The number of aliphatic hydroxyl groups is 1. The topological polar surface area (TPSA) is 139 Å². The summed E-state index contributed by atoms with van der Waals surface area (Å²) >= 11 is 0. The molecule has 0 aromatic rings. The first kappa shape index (κ1) is 41.1. The van der Waals surface area contributed by atoms with Gasteiger partial charge in [0, 0.05) is 65.4 Å². The average Bonchev–Trinajstić information content (AvgIpc) is 3.24. The molecule has 2 aliphatic rings. The number of rotatable bonds is 9. The molecule has 1 aliphatic carbocycles. The summed E-state index contributed by atoms with van der Waals surface area (Å²) in [6.07, 6.45) is 5.43. The van der Waals surface area contributed by atoms with Crippen LogP contribution in [0.1, 0.15) is 86.5 Å². The van der Waals surface area contributed by atoms with Gasteiger partial charge < -0.3 is 30.7 Å². The van der Waals surface area contributed by atoms with E-state index in [0.29, 0.717) is 13.0 Å². The number of nitrogens with one attached hydrogen (secondary N) is 2. The van der Waals surface area contributed by atoms with Crippen LogP contribution < -0.4 is 10.6 Å². The maximum atomic E-state index is 12.9. The van der Waals surface area contributed by atoms with Gasteiger partial charge in [0.05, 0.1) is 6.54 Å². The van der Waals surface area contributed by atoms with Crippen LogP contribution in [0.2, 0.25) is 0 Å². The summed E-state index contributed by atoms with van der Waals surface area (Å²) in [6, 6.07) is -0.655. The van der Waals surface area contributed by atoms with Crippen molar-refractivity contribution in [3.8, 4) is 0 Å². The van der Waals surface area contributed by atoms with Crippen LogP contribution in [-0.2, 0) is 56.6 Å². The predicted octanol–water partition coefficient (Wildman–Crippen LogP) is 3.16. The fourth-order valence-electron chi connectivity index (χ4n) is 4.36. The van der Waals surface area contributed by atoms with Crippen LogP contribution in [0.25, 0.3) is 5.32 Å². The molecule has 2 unspecified atom stereocenters. The zero-order chi connectivity index (χ0) is 30.4. The Hall–Kier alpha value is -1.08. The fraction of sp³-hybridized carbons (Fsp3) is 0.852. The van der Waals surface area contributed by atoms with E-state index in [1.807, 2.05) is 0 Å². The van der Waals surface area contributed by atoms with Crippen molar-refractivity contribution in [3.63, 3.8) is 0 Å². The summed E-state index contributed by atoms with van der Waals surface area (Å²) in [5.41, 5.74) is -0.599. The molecule has 0 aromatic heterocycles. The molecule has 0 aromatic carbocycles. The van der Waals surface area contributed by atoms with Crippen molar-refractivity contribution < 1.29 is 70.5 Å². The number of methoxy groups -OCH3 is 1. The summed E-state index contributed by atoms with van der Waals surface area (Å²) in [4.78, 5) is 51.5. The number of ether oxygens (including phenoxy) is 1. The van der Waals surface area contributed by atoms with Crippen molar-refractivity contribution in [2.75, 3.05) is 33.9 Å². The number of carbonyl (C=O) groups is 4. The van der Waals surface area contributed by atoms with Gasteiger partial charge in [0.2, 0.25) is 23.5 Å². The van der Waals surface area contributed by atoms with Crippen LogP contribution in [0.3, 0.4) is 0 Å². The van der Waals surface area contributed by atoms with Crippen molar-refractivity contribution in [1.82, 2.24) is 15.5 Å². The second-order valence-electron chi connectivity index (χ2n) is 11.2. The number of aliphatic hydroxyl groups excluding tert-OH is 1. The number of likely N-dealkylation sites (tertiary alicyclic amines) is 1. The Bertz CT molecular complexity index is 799. The van der Waals surface area contributed by atoms with Gasteiger partial charge in [-0.1, -0.05) is 39.7 Å². The van der Waals surface area contributed by atoms with Gasteiger partial charge in [-0.25, -0.2) is 8.78 Å². The van der Waals surface area contributed by atoms with Crippen molar-refractivity contribution in [2.45, 2.75) is 110 Å². The largest absolute Gasteiger partial charge is 0.629 e. The van der Waals surface area contributed by atoms with E-state index in [0.717, 1.165) is 39.7 Å². The summed E-state index contributed by atoms with van der Waals surface area (Å²) in [6.45, 7) is 9.53. The van der Waals surface area contributed by atoms with Crippen LogP contribution in [0.5, 0.6) is 0 Å². The minimum absolute atomic E-state index is 0. The van der Waals surface area contributed by atoms with Gasteiger partial charge in [0.1, 0.15) is 6.04 Å². The van der Waals surface area contributed by atoms with E-state index in [9.17, 15) is 28.0 Å². The van der Waals surface area contributed by atoms with Gasteiger partial charge in [-0.2, -0.15) is 0 Å². The Morgan fingerprint density at radius 2 is 1.62 bits per heavy atom. The van der Waals surface area contributed by atoms with Gasteiger partial charge in [0.25, 0.3) is 5.91 Å². The van der Waals surface area contributed by atoms with Crippen LogP contribution in [-0.4, -0.2) is 91.1 Å². The molecule has 10 nitrogen and oxygen atoms in total. The third-order valence-electron chi connectivity index (χ3n) is 6.66. The van der Waals surface area contributed by atoms with E-state index in [2.05, 4.69) is 16.0 Å². The van der Waals surface area contributed by atoms with Gasteiger partial charge in [-0.3, -0.25) is 19.2 Å². The number of alkyl halides is 2. The molecule has 1 spiro atoms. The molecule has 40 heavy (non-hydrogen) atoms. The second-order valence-corrected chi connectivity index (χ2v) is 11.2. The van der Waals surface area contributed by atoms with Crippen LogP contribution in [0.4, 0.5) is 8.78 Å². The van der Waals surface area contributed by atoms with E-state index in [-0.39, 0.29) is 57.0 Å². The Morgan fingerprint density at radius 3 is 2.08 bits per heavy atom. The van der Waals surface area contributed by atoms with E-state index < -0.39 is 47.9 Å². The number of amides is 3. The Balaban J connectivity index is 0. The first-order valence-corrected chi connectivity index (χ1v) is 13.5. The van der Waals surface area contributed by atoms with Crippen molar-refractivity contribution in [2.24, 2.45) is 5.41 Å². The molecule has 1 aliphatic heterocycles. The monoisotopic (exact) mass is 652 g/mol. The molecule has 1 heterocycles. The first-order chi connectivity index (χ1) is 18.0. The van der Waals surface area contributed by atoms with E-state index in [1.165, 1.54) is 20.5 Å². The second kappa shape index (κ2) is 19.2. The number of hydrogen-bond acceptors (Lipinski definition) is 6. The fourth-order valence-corrected chi connectivity index (χ4v) is 4.36. The molecule has 3 amide bonds. The molecule has 1 saturated carbocycles. The standard InChI is InChI=1S/C22H37N4O5.C4H8F2.CH4O.Y/c1-15(31-5)23-13-18(28)26-14-22(9-7-6-8-10-22)11-16(26)19(29)24-12-17(27)20(30)25-21(2,3)4;1-3-4(2,5)6;1-2;/h15-16H,6-14H2,1-5H3,(H,24,29)(H,25,30);3H2,1-2H3;2H,1H3;/q-1;;;. The number of Topliss-reactive ketones (excluding diaryl/α,β-unsaturated/α-hetero) is 1. The van der Waals surface area contributed by atoms with Crippen LogP contribution in [0, 0.1) is 5.41 Å². The first-order valence-electron chi connectivity index (χ1n) is 13.5. The maximum Gasteiger partial charge on any atom is 0.289 e. The molecule has 231 valence electrons. The number of nitrogens with zero attached hydrogens (tertiary/aromatic N) is 2. The van der Waals surface area contributed by atoms with E-state index >= 15 is 0 Å². The van der Waals surface area contributed by atoms with Crippen molar-refractivity contribution >= 4 is 23.5 Å². The summed E-state index contributed by atoms with van der Waals surface area (Å²) in [7, 11) is 2.52. The normalized spacial score (nSPS) is 18.7. The van der Waals surface area contributed by atoms with Crippen LogP contribution >= 0.6 is 0 Å². The molecule has 13 heteroatoms. The zero-order valence-electron chi connectivity index (χ0n) is 25.4. The van der Waals surface area contributed by atoms with Gasteiger partial charge in [-0.05, 0) is 58.6 Å². The maximum absolute atomic E-state index is 12.9. The zero-order valence-corrected chi connectivity index (χ0v) is 28.3.